The van der Waals surface area contributed by atoms with Crippen molar-refractivity contribution in [3.8, 4) is 0 Å². The summed E-state index contributed by atoms with van der Waals surface area (Å²) < 4.78 is 5.46. The number of furan rings is 1. The number of aliphatic hydroxyl groups is 1. The van der Waals surface area contributed by atoms with E-state index >= 15 is 0 Å². The first kappa shape index (κ1) is 13.8. The highest BCUT2D eigenvalue weighted by Crippen LogP contribution is 2.39. The van der Waals surface area contributed by atoms with E-state index in [-0.39, 0.29) is 6.10 Å². The highest BCUT2D eigenvalue weighted by molar-refractivity contribution is 5.01. The van der Waals surface area contributed by atoms with Gasteiger partial charge in [0, 0.05) is 31.2 Å². The van der Waals surface area contributed by atoms with Gasteiger partial charge in [-0.2, -0.15) is 0 Å². The van der Waals surface area contributed by atoms with Gasteiger partial charge in [0.15, 0.2) is 0 Å². The molecule has 21 heavy (non-hydrogen) atoms. The third-order valence-corrected chi connectivity index (χ3v) is 5.70. The fourth-order valence-corrected chi connectivity index (χ4v) is 4.78. The lowest BCUT2D eigenvalue weighted by Gasteiger charge is -2.45. The normalized spacial score (nSPS) is 35.4. The molecule has 3 aliphatic heterocycles. The minimum Gasteiger partial charge on any atom is -0.468 e. The smallest absolute Gasteiger partial charge is 0.117 e. The second-order valence-corrected chi connectivity index (χ2v) is 7.04. The van der Waals surface area contributed by atoms with Gasteiger partial charge in [0.05, 0.1) is 18.9 Å². The number of rotatable bonds is 3. The van der Waals surface area contributed by atoms with Gasteiger partial charge in [0.1, 0.15) is 5.76 Å². The Morgan fingerprint density at radius 1 is 1.05 bits per heavy atom. The Balaban J connectivity index is 1.33. The van der Waals surface area contributed by atoms with Crippen LogP contribution >= 0.6 is 0 Å². The Morgan fingerprint density at radius 2 is 1.76 bits per heavy atom. The molecular weight excluding hydrogens is 264 g/mol. The SMILES string of the molecule is OC1C[C@H]2CC[C@@H](C1)N2C1CCN(Cc2ccco2)CC1. The molecule has 1 unspecified atom stereocenters. The van der Waals surface area contributed by atoms with Crippen molar-refractivity contribution >= 4 is 0 Å². The van der Waals surface area contributed by atoms with Gasteiger partial charge in [-0.15, -0.1) is 0 Å². The molecule has 0 aromatic carbocycles. The quantitative estimate of drug-likeness (QED) is 0.927. The van der Waals surface area contributed by atoms with Crippen LogP contribution in [0.25, 0.3) is 0 Å². The van der Waals surface area contributed by atoms with E-state index in [9.17, 15) is 5.11 Å². The van der Waals surface area contributed by atoms with Crippen LogP contribution < -0.4 is 0 Å². The molecule has 116 valence electrons. The second-order valence-electron chi connectivity index (χ2n) is 7.04. The zero-order valence-electron chi connectivity index (χ0n) is 12.7. The van der Waals surface area contributed by atoms with Crippen molar-refractivity contribution in [2.24, 2.45) is 0 Å². The summed E-state index contributed by atoms with van der Waals surface area (Å²) in [6.07, 6.45) is 8.86. The Bertz CT molecular complexity index is 439. The molecular formula is C17H26N2O2. The van der Waals surface area contributed by atoms with Crippen LogP contribution in [0.2, 0.25) is 0 Å². The molecule has 0 radical (unpaired) electrons. The van der Waals surface area contributed by atoms with Gasteiger partial charge in [-0.25, -0.2) is 0 Å². The van der Waals surface area contributed by atoms with Crippen LogP contribution in [-0.2, 0) is 6.54 Å². The molecule has 4 heteroatoms. The predicted octanol–water partition coefficient (Wildman–Crippen LogP) is 2.23. The monoisotopic (exact) mass is 290 g/mol. The zero-order valence-corrected chi connectivity index (χ0v) is 12.7. The molecule has 1 N–H and O–H groups in total. The maximum Gasteiger partial charge on any atom is 0.117 e. The van der Waals surface area contributed by atoms with Gasteiger partial charge in [0.25, 0.3) is 0 Å². The highest BCUT2D eigenvalue weighted by atomic mass is 16.3. The highest BCUT2D eigenvalue weighted by Gasteiger charge is 2.43. The first-order valence-electron chi connectivity index (χ1n) is 8.50. The molecule has 3 fully saturated rings. The lowest BCUT2D eigenvalue weighted by molar-refractivity contribution is -0.00885. The molecule has 4 heterocycles. The molecule has 3 aliphatic rings. The Labute approximate surface area is 126 Å². The van der Waals surface area contributed by atoms with Crippen molar-refractivity contribution in [3.05, 3.63) is 24.2 Å². The summed E-state index contributed by atoms with van der Waals surface area (Å²) >= 11 is 0. The fraction of sp³-hybridized carbons (Fsp3) is 0.765. The fourth-order valence-electron chi connectivity index (χ4n) is 4.78. The first-order chi connectivity index (χ1) is 10.3. The van der Waals surface area contributed by atoms with Crippen LogP contribution in [0.15, 0.2) is 22.8 Å². The van der Waals surface area contributed by atoms with Gasteiger partial charge in [-0.05, 0) is 50.7 Å². The summed E-state index contributed by atoms with van der Waals surface area (Å²) in [6.45, 7) is 3.29. The lowest BCUT2D eigenvalue weighted by atomic mass is 9.93. The molecule has 3 saturated heterocycles. The molecule has 0 saturated carbocycles. The third-order valence-electron chi connectivity index (χ3n) is 5.70. The number of aliphatic hydroxyl groups excluding tert-OH is 1. The average molecular weight is 290 g/mol. The second kappa shape index (κ2) is 5.75. The van der Waals surface area contributed by atoms with Crippen LogP contribution in [-0.4, -0.2) is 52.2 Å². The van der Waals surface area contributed by atoms with E-state index in [0.29, 0.717) is 12.1 Å². The van der Waals surface area contributed by atoms with Gasteiger partial charge >= 0.3 is 0 Å². The Kier molecular flexibility index (Phi) is 3.78. The largest absolute Gasteiger partial charge is 0.468 e. The van der Waals surface area contributed by atoms with Crippen molar-refractivity contribution in [2.45, 2.75) is 69.3 Å². The molecule has 1 aromatic heterocycles. The van der Waals surface area contributed by atoms with Crippen molar-refractivity contribution in [3.63, 3.8) is 0 Å². The molecule has 1 aromatic rings. The number of likely N-dealkylation sites (tertiary alicyclic amines) is 1. The minimum absolute atomic E-state index is 0.0437. The standard InChI is InChI=1S/C17H26N2O2/c20-16-10-14-3-4-15(11-16)19(14)13-5-7-18(8-6-13)12-17-2-1-9-21-17/h1-2,9,13-16,20H,3-8,10-12H2/t14-,15+,16?. The number of fused-ring (bicyclic) bond motifs is 2. The van der Waals surface area contributed by atoms with Crippen LogP contribution in [0, 0.1) is 0 Å². The topological polar surface area (TPSA) is 39.9 Å². The van der Waals surface area contributed by atoms with E-state index in [4.69, 9.17) is 4.42 Å². The van der Waals surface area contributed by atoms with E-state index in [1.54, 1.807) is 6.26 Å². The van der Waals surface area contributed by atoms with Crippen molar-refractivity contribution in [1.29, 1.82) is 0 Å². The first-order valence-corrected chi connectivity index (χ1v) is 8.50. The summed E-state index contributed by atoms with van der Waals surface area (Å²) in [5, 5.41) is 9.95. The van der Waals surface area contributed by atoms with E-state index in [1.165, 1.54) is 38.8 Å². The summed E-state index contributed by atoms with van der Waals surface area (Å²) in [5.41, 5.74) is 0. The molecule has 0 aliphatic carbocycles. The predicted molar refractivity (Wildman–Crippen MR) is 80.9 cm³/mol. The van der Waals surface area contributed by atoms with E-state index < -0.39 is 0 Å². The van der Waals surface area contributed by atoms with Gasteiger partial charge < -0.3 is 9.52 Å². The number of hydrogen-bond acceptors (Lipinski definition) is 4. The van der Waals surface area contributed by atoms with Gasteiger partial charge in [-0.3, -0.25) is 9.80 Å². The molecule has 2 bridgehead atoms. The number of nitrogens with zero attached hydrogens (tertiary/aromatic N) is 2. The summed E-state index contributed by atoms with van der Waals surface area (Å²) in [6, 6.07) is 6.08. The van der Waals surface area contributed by atoms with Crippen molar-refractivity contribution in [2.75, 3.05) is 13.1 Å². The van der Waals surface area contributed by atoms with Gasteiger partial charge in [-0.1, -0.05) is 0 Å². The van der Waals surface area contributed by atoms with Crippen LogP contribution in [0.1, 0.15) is 44.3 Å². The van der Waals surface area contributed by atoms with Gasteiger partial charge in [0.2, 0.25) is 0 Å². The summed E-state index contributed by atoms with van der Waals surface area (Å²) in [5.74, 6) is 1.08. The third kappa shape index (κ3) is 2.77. The van der Waals surface area contributed by atoms with Crippen LogP contribution in [0.5, 0.6) is 0 Å². The van der Waals surface area contributed by atoms with E-state index in [1.807, 2.05) is 6.07 Å². The van der Waals surface area contributed by atoms with E-state index in [0.717, 1.165) is 31.2 Å². The Morgan fingerprint density at radius 3 is 2.38 bits per heavy atom. The maximum atomic E-state index is 9.95. The number of hydrogen-bond donors (Lipinski definition) is 1. The molecule has 4 nitrogen and oxygen atoms in total. The summed E-state index contributed by atoms with van der Waals surface area (Å²) in [7, 11) is 0. The molecule has 3 atom stereocenters. The molecule has 0 spiro atoms. The average Bonchev–Trinajstić information content (AvgIpc) is 3.07. The minimum atomic E-state index is -0.0437. The zero-order chi connectivity index (χ0) is 14.2. The van der Waals surface area contributed by atoms with Crippen LogP contribution in [0.3, 0.4) is 0 Å². The maximum absolute atomic E-state index is 9.95. The lowest BCUT2D eigenvalue weighted by Crippen LogP contribution is -2.53. The molecule has 4 rings (SSSR count). The summed E-state index contributed by atoms with van der Waals surface area (Å²) in [4.78, 5) is 5.28. The Hall–Kier alpha value is -0.840. The number of piperidine rings is 2. The van der Waals surface area contributed by atoms with E-state index in [2.05, 4.69) is 15.9 Å². The van der Waals surface area contributed by atoms with Crippen molar-refractivity contribution in [1.82, 2.24) is 9.80 Å². The molecule has 0 amide bonds. The van der Waals surface area contributed by atoms with Crippen molar-refractivity contribution < 1.29 is 9.52 Å². The van der Waals surface area contributed by atoms with Crippen LogP contribution in [0.4, 0.5) is 0 Å².